The molecule has 1 aromatic rings. The summed E-state index contributed by atoms with van der Waals surface area (Å²) in [6.45, 7) is 0. The van der Waals surface area contributed by atoms with Crippen molar-refractivity contribution >= 4 is 27.1 Å². The Labute approximate surface area is 126 Å². The number of hydrogen-bond donors (Lipinski definition) is 0. The minimum absolute atomic E-state index is 0.0681. The van der Waals surface area contributed by atoms with Gasteiger partial charge in [0.15, 0.2) is 15.6 Å². The van der Waals surface area contributed by atoms with E-state index in [0.717, 1.165) is 24.5 Å². The van der Waals surface area contributed by atoms with E-state index < -0.39 is 26.2 Å². The number of ketones is 2. The molecule has 8 heteroatoms. The highest BCUT2D eigenvalue weighted by atomic mass is 32.2. The highest BCUT2D eigenvalue weighted by Gasteiger charge is 2.28. The van der Waals surface area contributed by atoms with Crippen LogP contribution in [0.2, 0.25) is 0 Å². The van der Waals surface area contributed by atoms with Crippen molar-refractivity contribution in [2.45, 2.75) is 24.2 Å². The highest BCUT2D eigenvalue weighted by Crippen LogP contribution is 2.27. The maximum Gasteiger partial charge on any atom is 0.281 e. The van der Waals surface area contributed by atoms with E-state index >= 15 is 0 Å². The first kappa shape index (κ1) is 16.0. The molecule has 0 bridgehead atoms. The molecular weight excluding hydrogens is 310 g/mol. The summed E-state index contributed by atoms with van der Waals surface area (Å²) < 4.78 is 22.9. The van der Waals surface area contributed by atoms with E-state index in [2.05, 4.69) is 0 Å². The molecule has 0 heterocycles. The fraction of sp³-hybridized carbons (Fsp3) is 0.286. The number of hydrogen-bond acceptors (Lipinski definition) is 6. The van der Waals surface area contributed by atoms with Gasteiger partial charge in [0.1, 0.15) is 5.56 Å². The first-order valence-electron chi connectivity index (χ1n) is 6.48. The quantitative estimate of drug-likeness (QED) is 0.362. The Hall–Kier alpha value is -2.35. The Balaban J connectivity index is 2.56. The molecule has 0 N–H and O–H groups in total. The minimum Gasteiger partial charge on any atom is -0.294 e. The second kappa shape index (κ2) is 5.80. The molecule has 0 fully saturated rings. The molecule has 2 rings (SSSR count). The monoisotopic (exact) mass is 323 g/mol. The van der Waals surface area contributed by atoms with E-state index in [1.165, 1.54) is 6.08 Å². The van der Waals surface area contributed by atoms with Crippen LogP contribution in [-0.2, 0) is 14.6 Å². The van der Waals surface area contributed by atoms with Gasteiger partial charge in [0.05, 0.1) is 15.4 Å². The lowest BCUT2D eigenvalue weighted by atomic mass is 9.91. The zero-order valence-corrected chi connectivity index (χ0v) is 12.6. The van der Waals surface area contributed by atoms with Crippen molar-refractivity contribution in [3.05, 3.63) is 45.5 Å². The summed E-state index contributed by atoms with van der Waals surface area (Å²) >= 11 is 0. The van der Waals surface area contributed by atoms with Crippen LogP contribution in [-0.4, -0.2) is 31.2 Å². The summed E-state index contributed by atoms with van der Waals surface area (Å²) in [5, 5.41) is 11.1. The Morgan fingerprint density at radius 3 is 2.55 bits per heavy atom. The van der Waals surface area contributed by atoms with Crippen LogP contribution in [0.3, 0.4) is 0 Å². The molecule has 116 valence electrons. The number of carbonyl (C=O) groups is 2. The topological polar surface area (TPSA) is 111 Å². The smallest absolute Gasteiger partial charge is 0.281 e. The van der Waals surface area contributed by atoms with Crippen LogP contribution in [0.15, 0.2) is 34.7 Å². The van der Waals surface area contributed by atoms with Gasteiger partial charge in [-0.05, 0) is 25.0 Å². The molecule has 0 unspecified atom stereocenters. The Kier molecular flexibility index (Phi) is 4.23. The van der Waals surface area contributed by atoms with Gasteiger partial charge in [0.2, 0.25) is 5.78 Å². The molecule has 0 saturated heterocycles. The fourth-order valence-corrected chi connectivity index (χ4v) is 2.85. The fourth-order valence-electron chi connectivity index (χ4n) is 2.21. The van der Waals surface area contributed by atoms with Crippen LogP contribution in [0.25, 0.3) is 0 Å². The zero-order valence-electron chi connectivity index (χ0n) is 11.7. The van der Waals surface area contributed by atoms with Crippen LogP contribution < -0.4 is 0 Å². The second-order valence-electron chi connectivity index (χ2n) is 4.97. The van der Waals surface area contributed by atoms with Crippen LogP contribution in [0.4, 0.5) is 5.69 Å². The summed E-state index contributed by atoms with van der Waals surface area (Å²) in [5.41, 5.74) is -0.965. The summed E-state index contributed by atoms with van der Waals surface area (Å²) in [4.78, 5) is 34.2. The van der Waals surface area contributed by atoms with Crippen molar-refractivity contribution < 1.29 is 22.9 Å². The number of nitro groups is 1. The van der Waals surface area contributed by atoms with Gasteiger partial charge in [0, 0.05) is 18.7 Å². The molecule has 0 atom stereocenters. The molecule has 1 aromatic carbocycles. The van der Waals surface area contributed by atoms with E-state index in [1.807, 2.05) is 0 Å². The van der Waals surface area contributed by atoms with Gasteiger partial charge in [-0.2, -0.15) is 0 Å². The molecule has 1 aliphatic carbocycles. The largest absolute Gasteiger partial charge is 0.294 e. The molecular formula is C14H13NO6S. The van der Waals surface area contributed by atoms with Crippen molar-refractivity contribution in [3.8, 4) is 0 Å². The summed E-state index contributed by atoms with van der Waals surface area (Å²) in [6.07, 6.45) is 3.82. The number of Topliss-reactive ketones (excluding diaryl/α,β-unsaturated/α-hetero) is 2. The van der Waals surface area contributed by atoms with Crippen LogP contribution >= 0.6 is 0 Å². The predicted octanol–water partition coefficient (Wildman–Crippen LogP) is 1.86. The van der Waals surface area contributed by atoms with Gasteiger partial charge in [-0.25, -0.2) is 8.42 Å². The first-order chi connectivity index (χ1) is 10.2. The molecule has 1 aliphatic rings. The number of nitro benzene ring substituents is 1. The number of benzene rings is 1. The predicted molar refractivity (Wildman–Crippen MR) is 77.5 cm³/mol. The number of carbonyl (C=O) groups excluding carboxylic acids is 2. The maximum atomic E-state index is 12.4. The van der Waals surface area contributed by atoms with Crippen molar-refractivity contribution in [2.75, 3.05) is 6.26 Å². The zero-order chi connectivity index (χ0) is 16.5. The van der Waals surface area contributed by atoms with Crippen LogP contribution in [0, 0.1) is 10.1 Å². The maximum absolute atomic E-state index is 12.4. The van der Waals surface area contributed by atoms with Crippen molar-refractivity contribution in [2.24, 2.45) is 0 Å². The Morgan fingerprint density at radius 1 is 1.32 bits per heavy atom. The van der Waals surface area contributed by atoms with Gasteiger partial charge in [-0.1, -0.05) is 6.08 Å². The highest BCUT2D eigenvalue weighted by molar-refractivity contribution is 7.90. The third kappa shape index (κ3) is 3.11. The van der Waals surface area contributed by atoms with Crippen molar-refractivity contribution in [3.63, 3.8) is 0 Å². The molecule has 7 nitrogen and oxygen atoms in total. The van der Waals surface area contributed by atoms with Gasteiger partial charge >= 0.3 is 0 Å². The molecule has 0 aromatic heterocycles. The average molecular weight is 323 g/mol. The van der Waals surface area contributed by atoms with Gasteiger partial charge in [-0.3, -0.25) is 19.7 Å². The van der Waals surface area contributed by atoms with Gasteiger partial charge < -0.3 is 0 Å². The number of allylic oxidation sites excluding steroid dienone is 2. The average Bonchev–Trinajstić information content (AvgIpc) is 2.45. The van der Waals surface area contributed by atoms with E-state index in [0.29, 0.717) is 12.8 Å². The lowest BCUT2D eigenvalue weighted by Gasteiger charge is -2.11. The van der Waals surface area contributed by atoms with E-state index in [-0.39, 0.29) is 28.2 Å². The van der Waals surface area contributed by atoms with E-state index in [4.69, 9.17) is 0 Å². The lowest BCUT2D eigenvalue weighted by molar-refractivity contribution is -0.385. The van der Waals surface area contributed by atoms with Crippen molar-refractivity contribution in [1.29, 1.82) is 0 Å². The molecule has 0 aliphatic heterocycles. The van der Waals surface area contributed by atoms with E-state index in [9.17, 15) is 28.1 Å². The van der Waals surface area contributed by atoms with Crippen molar-refractivity contribution in [1.82, 2.24) is 0 Å². The summed E-state index contributed by atoms with van der Waals surface area (Å²) in [6, 6.07) is 3.05. The van der Waals surface area contributed by atoms with Crippen LogP contribution in [0.5, 0.6) is 0 Å². The second-order valence-corrected chi connectivity index (χ2v) is 6.99. The normalized spacial score (nSPS) is 15.3. The van der Waals surface area contributed by atoms with Gasteiger partial charge in [-0.15, -0.1) is 0 Å². The number of nitrogens with zero attached hydrogens (tertiary/aromatic N) is 1. The van der Waals surface area contributed by atoms with Gasteiger partial charge in [0.25, 0.3) is 5.69 Å². The minimum atomic E-state index is -3.63. The molecule has 22 heavy (non-hydrogen) atoms. The third-order valence-corrected chi connectivity index (χ3v) is 4.45. The molecule has 0 saturated carbocycles. The molecule has 0 spiro atoms. The number of sulfone groups is 1. The summed E-state index contributed by atoms with van der Waals surface area (Å²) in [7, 11) is -3.63. The lowest BCUT2D eigenvalue weighted by Crippen LogP contribution is -2.17. The van der Waals surface area contributed by atoms with E-state index in [1.54, 1.807) is 0 Å². The Morgan fingerprint density at radius 2 is 2.00 bits per heavy atom. The number of rotatable bonds is 4. The Bertz CT molecular complexity index is 807. The summed E-state index contributed by atoms with van der Waals surface area (Å²) in [5.74, 6) is -1.09. The third-order valence-electron chi connectivity index (χ3n) is 3.34. The SMILES string of the molecule is CS(=O)(=O)c1ccc(C(=O)C2=CCCCC2=O)c([N+](=O)[O-])c1. The first-order valence-corrected chi connectivity index (χ1v) is 8.37. The molecule has 0 amide bonds. The molecule has 0 radical (unpaired) electrons. The van der Waals surface area contributed by atoms with Crippen LogP contribution in [0.1, 0.15) is 29.6 Å². The standard InChI is InChI=1S/C14H13NO6S/c1-22(20,21)9-6-7-10(12(8-9)15(18)19)14(17)11-4-2-3-5-13(11)16/h4,6-8H,2-3,5H2,1H3.